The van der Waals surface area contributed by atoms with E-state index in [4.69, 9.17) is 4.55 Å². The van der Waals surface area contributed by atoms with Crippen LogP contribution in [0.2, 0.25) is 0 Å². The summed E-state index contributed by atoms with van der Waals surface area (Å²) in [6.07, 6.45) is 3.51. The van der Waals surface area contributed by atoms with Gasteiger partial charge in [-0.05, 0) is 24.7 Å². The number of hydrogen-bond donors (Lipinski definition) is 2. The van der Waals surface area contributed by atoms with Gasteiger partial charge in [0.15, 0.2) is 0 Å². The molecule has 0 aliphatic carbocycles. The number of carbonyl (C=O) groups is 4. The second-order valence-corrected chi connectivity index (χ2v) is 13.0. The maximum Gasteiger partial charge on any atom is 1.00 e. The van der Waals surface area contributed by atoms with E-state index in [9.17, 15) is 61.0 Å². The van der Waals surface area contributed by atoms with Gasteiger partial charge in [0.25, 0.3) is 20.2 Å². The number of aliphatic carboxylic acids is 4. The third kappa shape index (κ3) is 20.9. The molecule has 0 radical (unpaired) electrons. The number of carbonyl (C=O) groups excluding carboxylic acids is 4. The van der Waals surface area contributed by atoms with Crippen molar-refractivity contribution >= 4 is 44.1 Å². The van der Waals surface area contributed by atoms with Crippen molar-refractivity contribution in [1.82, 2.24) is 0 Å². The first-order chi connectivity index (χ1) is 18.3. The van der Waals surface area contributed by atoms with Gasteiger partial charge >= 0.3 is 118 Å². The normalized spacial score (nSPS) is 14.9. The van der Waals surface area contributed by atoms with Crippen LogP contribution in [0.4, 0.5) is 0 Å². The first-order valence-electron chi connectivity index (χ1n) is 13.0. The zero-order valence-corrected chi connectivity index (χ0v) is 36.8. The predicted molar refractivity (Wildman–Crippen MR) is 134 cm³/mol. The summed E-state index contributed by atoms with van der Waals surface area (Å²) in [4.78, 5) is 43.7. The third-order valence-corrected chi connectivity index (χ3v) is 9.49. The SMILES string of the molecule is CCCCC(CC)CC(C(=O)[O-])C(CC(CC)CCCC)(C(=O)[O-])S(=O)(=O)O.O=C([O-])CC(C(=O)[O-])S(=O)(=O)O.[Na+].[Na+].[Na+].[Na+]. The second-order valence-electron chi connectivity index (χ2n) is 9.70. The molecule has 0 spiro atoms. The Labute approximate surface area is 349 Å². The summed E-state index contributed by atoms with van der Waals surface area (Å²) in [5.74, 6) is -10.3. The van der Waals surface area contributed by atoms with Crippen LogP contribution in [0.15, 0.2) is 0 Å². The zero-order chi connectivity index (χ0) is 31.9. The summed E-state index contributed by atoms with van der Waals surface area (Å²) in [6.45, 7) is 7.56. The van der Waals surface area contributed by atoms with E-state index in [-0.39, 0.29) is 136 Å². The Morgan fingerprint density at radius 2 is 1.11 bits per heavy atom. The van der Waals surface area contributed by atoms with Crippen LogP contribution >= 0.6 is 0 Å². The topological polar surface area (TPSA) is 269 Å². The van der Waals surface area contributed by atoms with Gasteiger partial charge < -0.3 is 39.6 Å². The van der Waals surface area contributed by atoms with Gasteiger partial charge in [0.05, 0.1) is 11.9 Å². The number of unbranched alkanes of at least 4 members (excludes halogenated alkanes) is 2. The van der Waals surface area contributed by atoms with Crippen LogP contribution in [-0.4, -0.2) is 59.8 Å². The molecule has 2 N–H and O–H groups in total. The van der Waals surface area contributed by atoms with Crippen molar-refractivity contribution in [2.24, 2.45) is 17.8 Å². The average molecular weight is 709 g/mol. The van der Waals surface area contributed by atoms with E-state index < -0.39 is 72.9 Å². The number of rotatable bonds is 20. The van der Waals surface area contributed by atoms with E-state index in [1.807, 2.05) is 20.8 Å². The molecule has 0 rings (SSSR count). The van der Waals surface area contributed by atoms with Gasteiger partial charge in [-0.25, -0.2) is 0 Å². The summed E-state index contributed by atoms with van der Waals surface area (Å²) in [6, 6.07) is 0. The Morgan fingerprint density at radius 3 is 1.34 bits per heavy atom. The molecule has 236 valence electrons. The quantitative estimate of drug-likeness (QED) is 0.0879. The van der Waals surface area contributed by atoms with E-state index in [2.05, 4.69) is 0 Å². The largest absolute Gasteiger partial charge is 1.00 e. The van der Waals surface area contributed by atoms with Gasteiger partial charge in [-0.15, -0.1) is 0 Å². The minimum absolute atomic E-state index is 0. The second kappa shape index (κ2) is 28.5. The number of carboxylic acids is 4. The number of hydrogen-bond acceptors (Lipinski definition) is 12. The average Bonchev–Trinajstić information content (AvgIpc) is 2.81. The fraction of sp³-hybridized carbons (Fsp3) is 0.833. The zero-order valence-electron chi connectivity index (χ0n) is 27.2. The van der Waals surface area contributed by atoms with E-state index >= 15 is 0 Å². The van der Waals surface area contributed by atoms with Crippen molar-refractivity contribution in [2.75, 3.05) is 0 Å². The molecule has 0 heterocycles. The van der Waals surface area contributed by atoms with Crippen molar-refractivity contribution in [3.8, 4) is 0 Å². The molecule has 0 aliphatic rings. The molecule has 0 bridgehead atoms. The van der Waals surface area contributed by atoms with Gasteiger partial charge in [0.2, 0.25) is 0 Å². The smallest absolute Gasteiger partial charge is 0.550 e. The van der Waals surface area contributed by atoms with Crippen LogP contribution in [0.25, 0.3) is 0 Å². The summed E-state index contributed by atoms with van der Waals surface area (Å²) in [5.41, 5.74) is 0. The molecule has 0 fully saturated rings. The van der Waals surface area contributed by atoms with Crippen LogP contribution in [0.3, 0.4) is 0 Å². The van der Waals surface area contributed by atoms with E-state index in [0.717, 1.165) is 25.7 Å². The molecular weight excluding hydrogens is 668 g/mol. The molecule has 5 unspecified atom stereocenters. The minimum atomic E-state index is -5.26. The van der Waals surface area contributed by atoms with Crippen molar-refractivity contribution < 1.29 is 184 Å². The summed E-state index contributed by atoms with van der Waals surface area (Å²) in [7, 11) is -10.2. The van der Waals surface area contributed by atoms with Gasteiger partial charge in [-0.1, -0.05) is 79.1 Å². The maximum absolute atomic E-state index is 12.3. The molecule has 5 atom stereocenters. The number of carboxylic acid groups (broad SMARTS) is 4. The predicted octanol–water partition coefficient (Wildman–Crippen LogP) is -13.9. The summed E-state index contributed by atoms with van der Waals surface area (Å²) in [5, 5.41) is 41.3. The molecule has 0 aromatic rings. The monoisotopic (exact) mass is 708 g/mol. The van der Waals surface area contributed by atoms with Crippen molar-refractivity contribution in [3.63, 3.8) is 0 Å². The molecule has 0 amide bonds. The first kappa shape index (κ1) is 57.9. The summed E-state index contributed by atoms with van der Waals surface area (Å²) < 4.78 is 60.1. The fourth-order valence-electron chi connectivity index (χ4n) is 4.38. The van der Waals surface area contributed by atoms with Crippen LogP contribution in [0.5, 0.6) is 0 Å². The maximum atomic E-state index is 12.3. The Hall–Kier alpha value is 1.70. The molecule has 0 saturated heterocycles. The molecule has 0 aromatic carbocycles. The summed E-state index contributed by atoms with van der Waals surface area (Å²) >= 11 is 0. The Balaban J connectivity index is -0.000000193. The van der Waals surface area contributed by atoms with Crippen LogP contribution in [-0.2, 0) is 39.4 Å². The van der Waals surface area contributed by atoms with Gasteiger partial charge in [-0.2, -0.15) is 16.8 Å². The van der Waals surface area contributed by atoms with Crippen LogP contribution in [0, 0.1) is 17.8 Å². The van der Waals surface area contributed by atoms with Crippen molar-refractivity contribution in [3.05, 3.63) is 0 Å². The third-order valence-electron chi connectivity index (χ3n) is 6.88. The van der Waals surface area contributed by atoms with Crippen LogP contribution in [0.1, 0.15) is 98.3 Å². The Morgan fingerprint density at radius 1 is 0.705 bits per heavy atom. The van der Waals surface area contributed by atoms with Gasteiger partial charge in [0, 0.05) is 24.3 Å². The van der Waals surface area contributed by atoms with E-state index in [0.29, 0.717) is 25.7 Å². The Kier molecular flexibility index (Phi) is 37.6. The van der Waals surface area contributed by atoms with Crippen molar-refractivity contribution in [1.29, 1.82) is 0 Å². The van der Waals surface area contributed by atoms with Gasteiger partial charge in [-0.3, -0.25) is 9.11 Å². The first-order valence-corrected chi connectivity index (χ1v) is 16.0. The minimum Gasteiger partial charge on any atom is -0.550 e. The van der Waals surface area contributed by atoms with Gasteiger partial charge in [0.1, 0.15) is 10.00 Å². The van der Waals surface area contributed by atoms with E-state index in [1.54, 1.807) is 6.92 Å². The molecule has 0 aliphatic heterocycles. The van der Waals surface area contributed by atoms with Crippen LogP contribution < -0.4 is 139 Å². The fourth-order valence-corrected chi connectivity index (χ4v) is 6.18. The van der Waals surface area contributed by atoms with Crippen molar-refractivity contribution in [2.45, 2.75) is 108 Å². The molecule has 14 nitrogen and oxygen atoms in total. The molecule has 20 heteroatoms. The molecule has 0 saturated carbocycles. The van der Waals surface area contributed by atoms with E-state index in [1.165, 1.54) is 0 Å². The molecule has 0 aromatic heterocycles. The Bertz CT molecular complexity index is 1060. The molecule has 44 heavy (non-hydrogen) atoms. The standard InChI is InChI=1S/C20H38O7S.C4H6O7S.4Na/c1-5-9-11-15(7-3)13-17(18(21)22)20(19(23)24,28(25,26)27)14-16(8-4)12-10-6-2;5-3(6)1-2(4(7)8)12(9,10)11;;;;/h15-17H,5-14H2,1-4H3,(H,21,22)(H,23,24)(H,25,26,27);2H,1H2,(H,5,6)(H,7,8)(H,9,10,11);;;;/q;;4*+1/p-4. The molecular formula is C24H40Na4O14S2.